The number of hydrogen-bond donors (Lipinski definition) is 3. The quantitative estimate of drug-likeness (QED) is 0.609. The third-order valence-electron chi connectivity index (χ3n) is 3.89. The van der Waals surface area contributed by atoms with E-state index in [-0.39, 0.29) is 12.5 Å². The summed E-state index contributed by atoms with van der Waals surface area (Å²) in [5.74, 6) is -2.05. The normalized spacial score (nSPS) is 23.7. The predicted molar refractivity (Wildman–Crippen MR) is 82.8 cm³/mol. The fourth-order valence-electron chi connectivity index (χ4n) is 2.63. The van der Waals surface area contributed by atoms with Crippen LogP contribution in [0.4, 0.5) is 0 Å². The molecule has 3 N–H and O–H groups in total. The zero-order valence-electron chi connectivity index (χ0n) is 13.2. The van der Waals surface area contributed by atoms with Gasteiger partial charge in [-0.2, -0.15) is 0 Å². The van der Waals surface area contributed by atoms with Crippen LogP contribution in [0.5, 0.6) is 0 Å². The molecule has 128 valence electrons. The maximum Gasteiger partial charge on any atom is 0.326 e. The van der Waals surface area contributed by atoms with Crippen molar-refractivity contribution >= 4 is 21.9 Å². The Labute approximate surface area is 131 Å². The molecular formula is C14H26N2O5S. The number of carboxylic acids is 1. The molecule has 0 radical (unpaired) electrons. The van der Waals surface area contributed by atoms with E-state index in [0.717, 1.165) is 25.7 Å². The van der Waals surface area contributed by atoms with Crippen LogP contribution in [0.1, 0.15) is 52.4 Å². The molecule has 1 saturated carbocycles. The SMILES string of the molecule is CCCC(NC(=O)CS(=O)(=O)NC1CCC(C)CC1)C(=O)O. The molecule has 22 heavy (non-hydrogen) atoms. The molecule has 8 heteroatoms. The summed E-state index contributed by atoms with van der Waals surface area (Å²) in [6.45, 7) is 3.93. The van der Waals surface area contributed by atoms with Gasteiger partial charge in [-0.05, 0) is 38.0 Å². The van der Waals surface area contributed by atoms with Gasteiger partial charge in [-0.15, -0.1) is 0 Å². The van der Waals surface area contributed by atoms with Gasteiger partial charge in [0.15, 0.2) is 0 Å². The second kappa shape index (κ2) is 8.47. The smallest absolute Gasteiger partial charge is 0.326 e. The van der Waals surface area contributed by atoms with Gasteiger partial charge in [0, 0.05) is 6.04 Å². The van der Waals surface area contributed by atoms with Crippen LogP contribution in [0.25, 0.3) is 0 Å². The number of nitrogens with one attached hydrogen (secondary N) is 2. The van der Waals surface area contributed by atoms with Crippen molar-refractivity contribution in [2.24, 2.45) is 5.92 Å². The Morgan fingerprint density at radius 1 is 1.23 bits per heavy atom. The van der Waals surface area contributed by atoms with Crippen molar-refractivity contribution in [3.63, 3.8) is 0 Å². The lowest BCUT2D eigenvalue weighted by Gasteiger charge is -2.26. The minimum absolute atomic E-state index is 0.125. The fraction of sp³-hybridized carbons (Fsp3) is 0.857. The molecule has 0 aromatic heterocycles. The average Bonchev–Trinajstić information content (AvgIpc) is 2.39. The molecular weight excluding hydrogens is 308 g/mol. The Morgan fingerprint density at radius 3 is 2.32 bits per heavy atom. The summed E-state index contributed by atoms with van der Waals surface area (Å²) in [5, 5.41) is 11.2. The molecule has 1 atom stereocenters. The zero-order chi connectivity index (χ0) is 16.8. The fourth-order valence-corrected chi connectivity index (χ4v) is 3.88. The highest BCUT2D eigenvalue weighted by molar-refractivity contribution is 7.90. The molecule has 0 heterocycles. The van der Waals surface area contributed by atoms with Crippen molar-refractivity contribution in [2.45, 2.75) is 64.5 Å². The largest absolute Gasteiger partial charge is 0.480 e. The van der Waals surface area contributed by atoms with Crippen LogP contribution in [-0.2, 0) is 19.6 Å². The van der Waals surface area contributed by atoms with E-state index in [9.17, 15) is 18.0 Å². The predicted octanol–water partition coefficient (Wildman–Crippen LogP) is 0.854. The molecule has 0 aliphatic heterocycles. The maximum atomic E-state index is 12.0. The monoisotopic (exact) mass is 334 g/mol. The van der Waals surface area contributed by atoms with E-state index >= 15 is 0 Å². The second-order valence-corrected chi connectivity index (χ2v) is 7.83. The third-order valence-corrected chi connectivity index (χ3v) is 5.23. The topological polar surface area (TPSA) is 113 Å². The highest BCUT2D eigenvalue weighted by atomic mass is 32.2. The van der Waals surface area contributed by atoms with E-state index in [1.807, 2.05) is 0 Å². The Kier molecular flexibility index (Phi) is 7.28. The lowest BCUT2D eigenvalue weighted by molar-refractivity contribution is -0.141. The van der Waals surface area contributed by atoms with Gasteiger partial charge in [0.2, 0.25) is 15.9 Å². The first-order valence-corrected chi connectivity index (χ1v) is 9.41. The third kappa shape index (κ3) is 6.74. The Bertz CT molecular complexity index is 483. The molecule has 0 aromatic rings. The van der Waals surface area contributed by atoms with Crippen LogP contribution in [0.3, 0.4) is 0 Å². The van der Waals surface area contributed by atoms with Crippen molar-refractivity contribution < 1.29 is 23.1 Å². The van der Waals surface area contributed by atoms with Gasteiger partial charge in [0.1, 0.15) is 11.8 Å². The van der Waals surface area contributed by atoms with Crippen molar-refractivity contribution in [3.05, 3.63) is 0 Å². The average molecular weight is 334 g/mol. The van der Waals surface area contributed by atoms with Gasteiger partial charge < -0.3 is 10.4 Å². The number of sulfonamides is 1. The first-order chi connectivity index (χ1) is 10.2. The summed E-state index contributed by atoms with van der Waals surface area (Å²) in [6.07, 6.45) is 4.34. The summed E-state index contributed by atoms with van der Waals surface area (Å²) in [7, 11) is -3.74. The number of carbonyl (C=O) groups is 2. The summed E-state index contributed by atoms with van der Waals surface area (Å²) in [5.41, 5.74) is 0. The molecule has 1 rings (SSSR count). The molecule has 1 aliphatic carbocycles. The van der Waals surface area contributed by atoms with Crippen molar-refractivity contribution in [1.29, 1.82) is 0 Å². The molecule has 1 unspecified atom stereocenters. The first kappa shape index (κ1) is 18.9. The minimum Gasteiger partial charge on any atom is -0.480 e. The van der Waals surface area contributed by atoms with Crippen molar-refractivity contribution in [3.8, 4) is 0 Å². The van der Waals surface area contributed by atoms with Crippen molar-refractivity contribution in [2.75, 3.05) is 5.75 Å². The summed E-state index contributed by atoms with van der Waals surface area (Å²) in [6, 6.07) is -1.16. The van der Waals surface area contributed by atoms with E-state index in [2.05, 4.69) is 17.0 Å². The van der Waals surface area contributed by atoms with Gasteiger partial charge in [0.25, 0.3) is 0 Å². The molecule has 0 saturated heterocycles. The number of amides is 1. The van der Waals surface area contributed by atoms with Crippen LogP contribution >= 0.6 is 0 Å². The summed E-state index contributed by atoms with van der Waals surface area (Å²) >= 11 is 0. The highest BCUT2D eigenvalue weighted by Gasteiger charge is 2.26. The number of carbonyl (C=O) groups excluding carboxylic acids is 1. The number of carboxylic acid groups (broad SMARTS) is 1. The van der Waals surface area contributed by atoms with E-state index in [1.165, 1.54) is 0 Å². The lowest BCUT2D eigenvalue weighted by atomic mass is 9.88. The van der Waals surface area contributed by atoms with Crippen molar-refractivity contribution in [1.82, 2.24) is 10.0 Å². The number of hydrogen-bond acceptors (Lipinski definition) is 4. The molecule has 1 fully saturated rings. The molecule has 0 spiro atoms. The molecule has 1 amide bonds. The standard InChI is InChI=1S/C14H26N2O5S/c1-3-4-12(14(18)19)15-13(17)9-22(20,21)16-11-7-5-10(2)6-8-11/h10-12,16H,3-9H2,1-2H3,(H,15,17)(H,18,19). The molecule has 0 bridgehead atoms. The number of aliphatic carboxylic acids is 1. The Hall–Kier alpha value is -1.15. The lowest BCUT2D eigenvalue weighted by Crippen LogP contribution is -2.46. The molecule has 7 nitrogen and oxygen atoms in total. The van der Waals surface area contributed by atoms with Gasteiger partial charge in [0.05, 0.1) is 0 Å². The Morgan fingerprint density at radius 2 is 1.82 bits per heavy atom. The maximum absolute atomic E-state index is 12.0. The van der Waals surface area contributed by atoms with Crippen LogP contribution in [0, 0.1) is 5.92 Å². The van der Waals surface area contributed by atoms with Crippen LogP contribution in [0.15, 0.2) is 0 Å². The van der Waals surface area contributed by atoms with Crippen LogP contribution in [0.2, 0.25) is 0 Å². The van der Waals surface area contributed by atoms with Gasteiger partial charge in [-0.1, -0.05) is 20.3 Å². The Balaban J connectivity index is 2.49. The van der Waals surface area contributed by atoms with Crippen LogP contribution in [-0.4, -0.2) is 43.2 Å². The zero-order valence-corrected chi connectivity index (χ0v) is 14.0. The minimum atomic E-state index is -3.74. The molecule has 1 aliphatic rings. The van der Waals surface area contributed by atoms with E-state index in [4.69, 9.17) is 5.11 Å². The van der Waals surface area contributed by atoms with E-state index in [0.29, 0.717) is 12.3 Å². The van der Waals surface area contributed by atoms with E-state index in [1.54, 1.807) is 6.92 Å². The van der Waals surface area contributed by atoms with E-state index < -0.39 is 33.7 Å². The van der Waals surface area contributed by atoms with Gasteiger partial charge in [-0.3, -0.25) is 4.79 Å². The van der Waals surface area contributed by atoms with Crippen LogP contribution < -0.4 is 10.0 Å². The summed E-state index contributed by atoms with van der Waals surface area (Å²) < 4.78 is 26.5. The van der Waals surface area contributed by atoms with Gasteiger partial charge >= 0.3 is 5.97 Å². The number of rotatable bonds is 8. The molecule has 0 aromatic carbocycles. The summed E-state index contributed by atoms with van der Waals surface area (Å²) in [4.78, 5) is 22.7. The first-order valence-electron chi connectivity index (χ1n) is 7.75. The second-order valence-electron chi connectivity index (χ2n) is 6.08. The highest BCUT2D eigenvalue weighted by Crippen LogP contribution is 2.23. The van der Waals surface area contributed by atoms with Gasteiger partial charge in [-0.25, -0.2) is 17.9 Å².